The molecular formula is C27H37N7O4. The summed E-state index contributed by atoms with van der Waals surface area (Å²) in [5, 5.41) is 12.8. The van der Waals surface area contributed by atoms with Gasteiger partial charge in [-0.2, -0.15) is 5.26 Å². The van der Waals surface area contributed by atoms with Gasteiger partial charge in [0.25, 0.3) is 0 Å². The molecular weight excluding hydrogens is 486 g/mol. The predicted molar refractivity (Wildman–Crippen MR) is 145 cm³/mol. The number of carbonyl (C=O) groups is 2. The van der Waals surface area contributed by atoms with E-state index >= 15 is 0 Å². The summed E-state index contributed by atoms with van der Waals surface area (Å²) < 4.78 is 11.1. The van der Waals surface area contributed by atoms with E-state index in [9.17, 15) is 9.59 Å². The van der Waals surface area contributed by atoms with Crippen molar-refractivity contribution < 1.29 is 19.1 Å². The van der Waals surface area contributed by atoms with Crippen LogP contribution in [0.2, 0.25) is 0 Å². The molecule has 0 radical (unpaired) electrons. The number of nitrogens with zero attached hydrogens (tertiary/aromatic N) is 5. The molecule has 0 atom stereocenters. The fourth-order valence-corrected chi connectivity index (χ4v) is 4.10. The number of rotatable bonds is 4. The van der Waals surface area contributed by atoms with Gasteiger partial charge in [0.15, 0.2) is 5.82 Å². The Hall–Kier alpha value is -3.91. The maximum Gasteiger partial charge on any atom is 0.410 e. The van der Waals surface area contributed by atoms with E-state index in [0.29, 0.717) is 50.8 Å². The standard InChI is InChI=1S/C25H34N6O4.C2H3N/c1-5-26-23(32)27-18-8-6-17(7-9-18)21-28-20-16-31(24(33)35-25(2,3)4)11-10-19(20)22(29-21)30-12-14-34-15-13-30;1-2-3/h6-9H,5,10-16H2,1-4H3,(H2,26,27,32);1H3. The first-order chi connectivity index (χ1) is 18.1. The average Bonchev–Trinajstić information content (AvgIpc) is 2.88. The van der Waals surface area contributed by atoms with Gasteiger partial charge in [-0.1, -0.05) is 0 Å². The molecule has 2 aliphatic heterocycles. The highest BCUT2D eigenvalue weighted by Gasteiger charge is 2.30. The third-order valence-electron chi connectivity index (χ3n) is 5.74. The molecule has 1 fully saturated rings. The minimum absolute atomic E-state index is 0.248. The van der Waals surface area contributed by atoms with E-state index < -0.39 is 5.60 Å². The molecule has 11 nitrogen and oxygen atoms in total. The van der Waals surface area contributed by atoms with Gasteiger partial charge in [0, 0.05) is 49.9 Å². The van der Waals surface area contributed by atoms with Crippen LogP contribution in [0.15, 0.2) is 24.3 Å². The van der Waals surface area contributed by atoms with E-state index in [1.807, 2.05) is 52.0 Å². The van der Waals surface area contributed by atoms with E-state index in [2.05, 4.69) is 15.5 Å². The molecule has 3 amide bonds. The number of urea groups is 1. The number of nitriles is 1. The van der Waals surface area contributed by atoms with Crippen LogP contribution in [0.1, 0.15) is 45.9 Å². The van der Waals surface area contributed by atoms with Gasteiger partial charge < -0.3 is 29.9 Å². The number of benzene rings is 1. The maximum absolute atomic E-state index is 12.7. The molecule has 2 aromatic rings. The van der Waals surface area contributed by atoms with E-state index in [1.54, 1.807) is 11.0 Å². The Morgan fingerprint density at radius 3 is 2.39 bits per heavy atom. The molecule has 0 aliphatic carbocycles. The van der Waals surface area contributed by atoms with Crippen molar-refractivity contribution in [2.75, 3.05) is 49.6 Å². The minimum atomic E-state index is -0.559. The monoisotopic (exact) mass is 523 g/mol. The van der Waals surface area contributed by atoms with Crippen molar-refractivity contribution in [1.29, 1.82) is 5.26 Å². The third-order valence-corrected chi connectivity index (χ3v) is 5.74. The SMILES string of the molecule is CC#N.CCNC(=O)Nc1ccc(-c2nc3c(c(N4CCOCC4)n2)CCN(C(=O)OC(C)(C)C)C3)cc1. The molecule has 0 saturated carbocycles. The second kappa shape index (κ2) is 13.1. The van der Waals surface area contributed by atoms with Crippen molar-refractivity contribution in [3.05, 3.63) is 35.5 Å². The number of hydrogen-bond donors (Lipinski definition) is 2. The molecule has 2 aliphatic rings. The summed E-state index contributed by atoms with van der Waals surface area (Å²) in [6.45, 7) is 13.2. The van der Waals surface area contributed by atoms with Crippen molar-refractivity contribution in [1.82, 2.24) is 20.2 Å². The Bertz CT molecular complexity index is 1150. The number of anilines is 2. The average molecular weight is 524 g/mol. The van der Waals surface area contributed by atoms with Gasteiger partial charge in [0.2, 0.25) is 0 Å². The van der Waals surface area contributed by atoms with Gasteiger partial charge in [0.05, 0.1) is 31.5 Å². The smallest absolute Gasteiger partial charge is 0.410 e. The van der Waals surface area contributed by atoms with Gasteiger partial charge in [-0.25, -0.2) is 19.6 Å². The number of morpholine rings is 1. The first-order valence-corrected chi connectivity index (χ1v) is 12.8. The third kappa shape index (κ3) is 7.79. The summed E-state index contributed by atoms with van der Waals surface area (Å²) in [7, 11) is 0. The zero-order valence-corrected chi connectivity index (χ0v) is 22.8. The van der Waals surface area contributed by atoms with Crippen LogP contribution < -0.4 is 15.5 Å². The summed E-state index contributed by atoms with van der Waals surface area (Å²) in [5.74, 6) is 1.49. The Kier molecular flexibility index (Phi) is 9.85. The Morgan fingerprint density at radius 1 is 1.13 bits per heavy atom. The summed E-state index contributed by atoms with van der Waals surface area (Å²) in [6.07, 6.45) is 0.328. The molecule has 204 valence electrons. The van der Waals surface area contributed by atoms with Crippen LogP contribution in [0.25, 0.3) is 11.4 Å². The van der Waals surface area contributed by atoms with Crippen LogP contribution >= 0.6 is 0 Å². The van der Waals surface area contributed by atoms with Crippen molar-refractivity contribution in [3.8, 4) is 17.5 Å². The molecule has 0 spiro atoms. The minimum Gasteiger partial charge on any atom is -0.444 e. The van der Waals surface area contributed by atoms with Crippen LogP contribution in [0, 0.1) is 11.3 Å². The van der Waals surface area contributed by atoms with Crippen molar-refractivity contribution in [2.45, 2.75) is 53.2 Å². The fourth-order valence-electron chi connectivity index (χ4n) is 4.10. The van der Waals surface area contributed by atoms with E-state index in [1.165, 1.54) is 6.92 Å². The van der Waals surface area contributed by atoms with E-state index in [-0.39, 0.29) is 12.1 Å². The van der Waals surface area contributed by atoms with Crippen LogP contribution in [-0.2, 0) is 22.4 Å². The molecule has 0 unspecified atom stereocenters. The van der Waals surface area contributed by atoms with Gasteiger partial charge >= 0.3 is 12.1 Å². The zero-order valence-electron chi connectivity index (χ0n) is 22.8. The topological polar surface area (TPSA) is 133 Å². The molecule has 0 bridgehead atoms. The largest absolute Gasteiger partial charge is 0.444 e. The summed E-state index contributed by atoms with van der Waals surface area (Å²) >= 11 is 0. The second-order valence-corrected chi connectivity index (χ2v) is 9.83. The molecule has 1 aromatic heterocycles. The summed E-state index contributed by atoms with van der Waals surface area (Å²) in [6, 6.07) is 8.94. The van der Waals surface area contributed by atoms with Crippen LogP contribution in [0.4, 0.5) is 21.1 Å². The molecule has 4 rings (SSSR count). The van der Waals surface area contributed by atoms with Gasteiger partial charge in [-0.15, -0.1) is 0 Å². The summed E-state index contributed by atoms with van der Waals surface area (Å²) in [5.41, 5.74) is 2.86. The number of carbonyl (C=O) groups excluding carboxylic acids is 2. The van der Waals surface area contributed by atoms with Crippen molar-refractivity contribution in [2.24, 2.45) is 0 Å². The molecule has 11 heteroatoms. The predicted octanol–water partition coefficient (Wildman–Crippen LogP) is 3.94. The number of hydrogen-bond acceptors (Lipinski definition) is 8. The van der Waals surface area contributed by atoms with E-state index in [4.69, 9.17) is 24.7 Å². The molecule has 3 heterocycles. The molecule has 1 saturated heterocycles. The lowest BCUT2D eigenvalue weighted by Crippen LogP contribution is -2.42. The number of aromatic nitrogens is 2. The van der Waals surface area contributed by atoms with Gasteiger partial charge in [-0.3, -0.25) is 0 Å². The zero-order chi connectivity index (χ0) is 27.7. The molecule has 1 aromatic carbocycles. The Morgan fingerprint density at radius 2 is 1.79 bits per heavy atom. The molecule has 38 heavy (non-hydrogen) atoms. The maximum atomic E-state index is 12.7. The first-order valence-electron chi connectivity index (χ1n) is 12.8. The highest BCUT2D eigenvalue weighted by Crippen LogP contribution is 2.31. The van der Waals surface area contributed by atoms with E-state index in [0.717, 1.165) is 35.7 Å². The quantitative estimate of drug-likeness (QED) is 0.616. The second-order valence-electron chi connectivity index (χ2n) is 9.83. The fraction of sp³-hybridized carbons (Fsp3) is 0.519. The summed E-state index contributed by atoms with van der Waals surface area (Å²) in [4.78, 5) is 38.3. The number of nitrogens with one attached hydrogen (secondary N) is 2. The Labute approximate surface area is 224 Å². The number of fused-ring (bicyclic) bond motifs is 1. The first kappa shape index (κ1) is 28.7. The number of ether oxygens (including phenoxy) is 2. The lowest BCUT2D eigenvalue weighted by molar-refractivity contribution is 0.0220. The lowest BCUT2D eigenvalue weighted by atomic mass is 10.0. The van der Waals surface area contributed by atoms with Crippen LogP contribution in [-0.4, -0.2) is 72.0 Å². The van der Waals surface area contributed by atoms with Gasteiger partial charge in [-0.05, 0) is 58.4 Å². The molecule has 2 N–H and O–H groups in total. The highest BCUT2D eigenvalue weighted by molar-refractivity contribution is 5.89. The van der Waals surface area contributed by atoms with Crippen molar-refractivity contribution in [3.63, 3.8) is 0 Å². The van der Waals surface area contributed by atoms with Crippen LogP contribution in [0.3, 0.4) is 0 Å². The van der Waals surface area contributed by atoms with Gasteiger partial charge in [0.1, 0.15) is 11.4 Å². The number of amides is 3. The Balaban J connectivity index is 0.00000127. The van der Waals surface area contributed by atoms with Crippen LogP contribution in [0.5, 0.6) is 0 Å². The van der Waals surface area contributed by atoms with Crippen molar-refractivity contribution >= 4 is 23.6 Å². The lowest BCUT2D eigenvalue weighted by Gasteiger charge is -2.34. The highest BCUT2D eigenvalue weighted by atomic mass is 16.6. The normalized spacial score (nSPS) is 14.8.